The van der Waals surface area contributed by atoms with E-state index in [0.29, 0.717) is 34.5 Å². The summed E-state index contributed by atoms with van der Waals surface area (Å²) in [5.74, 6) is 1.31. The third kappa shape index (κ3) is 3.56. The van der Waals surface area contributed by atoms with Crippen LogP contribution < -0.4 is 4.74 Å². The standard InChI is InChI=1S/C14H15ClN2O2S/c1-3-19-8-13-16-11(7-14(20)17-13)9-4-5-10(15)12(6-9)18-2/h4-7H,3,8H2,1-2H3,(H,16,17,20). The van der Waals surface area contributed by atoms with E-state index in [1.807, 2.05) is 19.1 Å². The van der Waals surface area contributed by atoms with E-state index in [0.717, 1.165) is 11.3 Å². The number of aromatic amines is 1. The van der Waals surface area contributed by atoms with E-state index >= 15 is 0 Å². The van der Waals surface area contributed by atoms with Crippen molar-refractivity contribution >= 4 is 23.8 Å². The van der Waals surface area contributed by atoms with Crippen molar-refractivity contribution in [1.29, 1.82) is 0 Å². The third-order valence-electron chi connectivity index (χ3n) is 2.70. The lowest BCUT2D eigenvalue weighted by atomic mass is 10.1. The summed E-state index contributed by atoms with van der Waals surface area (Å²) in [4.78, 5) is 7.44. The topological polar surface area (TPSA) is 47.1 Å². The van der Waals surface area contributed by atoms with Gasteiger partial charge in [0.15, 0.2) is 0 Å². The van der Waals surface area contributed by atoms with Crippen LogP contribution >= 0.6 is 23.8 Å². The minimum atomic E-state index is 0.401. The number of methoxy groups -OCH3 is 1. The molecule has 106 valence electrons. The quantitative estimate of drug-likeness (QED) is 0.848. The maximum atomic E-state index is 6.03. The van der Waals surface area contributed by atoms with Crippen molar-refractivity contribution in [3.05, 3.63) is 39.8 Å². The predicted octanol–water partition coefficient (Wildman–Crippen LogP) is 4.00. The second kappa shape index (κ2) is 6.83. The van der Waals surface area contributed by atoms with Gasteiger partial charge in [0.25, 0.3) is 0 Å². The van der Waals surface area contributed by atoms with E-state index in [1.165, 1.54) is 0 Å². The zero-order chi connectivity index (χ0) is 14.5. The van der Waals surface area contributed by atoms with Gasteiger partial charge in [-0.1, -0.05) is 29.9 Å². The van der Waals surface area contributed by atoms with Crippen LogP contribution in [0.5, 0.6) is 5.75 Å². The molecule has 0 aliphatic carbocycles. The van der Waals surface area contributed by atoms with E-state index < -0.39 is 0 Å². The van der Waals surface area contributed by atoms with Crippen molar-refractivity contribution in [3.8, 4) is 17.0 Å². The Balaban J connectivity index is 2.41. The molecule has 0 aliphatic rings. The van der Waals surface area contributed by atoms with Crippen molar-refractivity contribution in [2.75, 3.05) is 13.7 Å². The fourth-order valence-corrected chi connectivity index (χ4v) is 2.18. The molecule has 0 fully saturated rings. The first-order valence-corrected chi connectivity index (χ1v) is 6.94. The molecule has 1 aromatic carbocycles. The summed E-state index contributed by atoms with van der Waals surface area (Å²) < 4.78 is 11.1. The molecular weight excluding hydrogens is 296 g/mol. The number of rotatable bonds is 5. The number of ether oxygens (including phenoxy) is 2. The van der Waals surface area contributed by atoms with Gasteiger partial charge in [-0.25, -0.2) is 4.98 Å². The fraction of sp³-hybridized carbons (Fsp3) is 0.286. The van der Waals surface area contributed by atoms with E-state index in [2.05, 4.69) is 9.97 Å². The van der Waals surface area contributed by atoms with Gasteiger partial charge in [-0.2, -0.15) is 0 Å². The first kappa shape index (κ1) is 15.0. The molecule has 20 heavy (non-hydrogen) atoms. The molecule has 4 nitrogen and oxygen atoms in total. The number of nitrogens with zero attached hydrogens (tertiary/aromatic N) is 1. The Hall–Kier alpha value is -1.43. The van der Waals surface area contributed by atoms with Gasteiger partial charge in [-0.3, -0.25) is 0 Å². The van der Waals surface area contributed by atoms with Crippen LogP contribution in [0.2, 0.25) is 5.02 Å². The molecule has 1 heterocycles. The average molecular weight is 311 g/mol. The average Bonchev–Trinajstić information content (AvgIpc) is 2.45. The molecule has 0 spiro atoms. The zero-order valence-corrected chi connectivity index (χ0v) is 12.8. The molecular formula is C14H15ClN2O2S. The number of hydrogen-bond acceptors (Lipinski definition) is 4. The minimum absolute atomic E-state index is 0.401. The summed E-state index contributed by atoms with van der Waals surface area (Å²) in [6.07, 6.45) is 0. The van der Waals surface area contributed by atoms with Crippen LogP contribution in [-0.4, -0.2) is 23.7 Å². The number of hydrogen-bond donors (Lipinski definition) is 1. The molecule has 0 saturated heterocycles. The van der Waals surface area contributed by atoms with Crippen LogP contribution in [0.15, 0.2) is 24.3 Å². The highest BCUT2D eigenvalue weighted by atomic mass is 35.5. The number of nitrogens with one attached hydrogen (secondary N) is 1. The Kier molecular flexibility index (Phi) is 5.11. The van der Waals surface area contributed by atoms with Crippen molar-refractivity contribution < 1.29 is 9.47 Å². The Morgan fingerprint density at radius 2 is 2.15 bits per heavy atom. The number of aromatic nitrogens is 2. The molecule has 1 aromatic heterocycles. The molecule has 0 unspecified atom stereocenters. The predicted molar refractivity (Wildman–Crippen MR) is 81.7 cm³/mol. The zero-order valence-electron chi connectivity index (χ0n) is 11.3. The normalized spacial score (nSPS) is 10.6. The van der Waals surface area contributed by atoms with Gasteiger partial charge in [0, 0.05) is 17.9 Å². The van der Waals surface area contributed by atoms with Crippen LogP contribution in [0.25, 0.3) is 11.3 Å². The molecule has 0 amide bonds. The maximum absolute atomic E-state index is 6.03. The summed E-state index contributed by atoms with van der Waals surface area (Å²) in [7, 11) is 1.58. The van der Waals surface area contributed by atoms with Crippen LogP contribution in [0.3, 0.4) is 0 Å². The summed E-state index contributed by atoms with van der Waals surface area (Å²) >= 11 is 11.2. The molecule has 2 rings (SSSR count). The molecule has 2 aromatic rings. The van der Waals surface area contributed by atoms with Crippen molar-refractivity contribution in [2.24, 2.45) is 0 Å². The number of H-pyrrole nitrogens is 1. The Bertz CT molecular complexity index is 658. The second-order valence-electron chi connectivity index (χ2n) is 4.07. The van der Waals surface area contributed by atoms with Crippen LogP contribution in [0.4, 0.5) is 0 Å². The first-order valence-electron chi connectivity index (χ1n) is 6.16. The van der Waals surface area contributed by atoms with Crippen LogP contribution in [0, 0.1) is 4.64 Å². The highest BCUT2D eigenvalue weighted by molar-refractivity contribution is 7.71. The monoisotopic (exact) mass is 310 g/mol. The third-order valence-corrected chi connectivity index (χ3v) is 3.22. The van der Waals surface area contributed by atoms with Crippen LogP contribution in [-0.2, 0) is 11.3 Å². The summed E-state index contributed by atoms with van der Waals surface area (Å²) in [6.45, 7) is 2.96. The smallest absolute Gasteiger partial charge is 0.138 e. The van der Waals surface area contributed by atoms with Gasteiger partial charge < -0.3 is 14.5 Å². The van der Waals surface area contributed by atoms with Crippen molar-refractivity contribution in [2.45, 2.75) is 13.5 Å². The summed E-state index contributed by atoms with van der Waals surface area (Å²) in [6, 6.07) is 7.34. The molecule has 0 aliphatic heterocycles. The van der Waals surface area contributed by atoms with E-state index in [4.69, 9.17) is 33.3 Å². The first-order chi connectivity index (χ1) is 9.63. The Morgan fingerprint density at radius 1 is 1.35 bits per heavy atom. The van der Waals surface area contributed by atoms with E-state index in [9.17, 15) is 0 Å². The van der Waals surface area contributed by atoms with Crippen molar-refractivity contribution in [3.63, 3.8) is 0 Å². The molecule has 6 heteroatoms. The lowest BCUT2D eigenvalue weighted by Gasteiger charge is -2.09. The summed E-state index contributed by atoms with van der Waals surface area (Å²) in [5, 5.41) is 0.568. The molecule has 0 saturated carbocycles. The maximum Gasteiger partial charge on any atom is 0.138 e. The molecule has 0 bridgehead atoms. The largest absolute Gasteiger partial charge is 0.495 e. The van der Waals surface area contributed by atoms with Gasteiger partial charge in [0.05, 0.1) is 12.1 Å². The highest BCUT2D eigenvalue weighted by Gasteiger charge is 2.06. The Labute approximate surface area is 127 Å². The Morgan fingerprint density at radius 3 is 2.85 bits per heavy atom. The lowest BCUT2D eigenvalue weighted by molar-refractivity contribution is 0.128. The lowest BCUT2D eigenvalue weighted by Crippen LogP contribution is -2.00. The van der Waals surface area contributed by atoms with Gasteiger partial charge in [-0.15, -0.1) is 0 Å². The van der Waals surface area contributed by atoms with E-state index in [1.54, 1.807) is 19.2 Å². The highest BCUT2D eigenvalue weighted by Crippen LogP contribution is 2.29. The van der Waals surface area contributed by atoms with Crippen molar-refractivity contribution in [1.82, 2.24) is 9.97 Å². The van der Waals surface area contributed by atoms with Gasteiger partial charge in [0.1, 0.15) is 22.8 Å². The number of benzene rings is 1. The van der Waals surface area contributed by atoms with Crippen LogP contribution in [0.1, 0.15) is 12.7 Å². The summed E-state index contributed by atoms with van der Waals surface area (Å²) in [5.41, 5.74) is 1.78. The fourth-order valence-electron chi connectivity index (χ4n) is 1.76. The minimum Gasteiger partial charge on any atom is -0.495 e. The molecule has 0 radical (unpaired) electrons. The number of halogens is 1. The second-order valence-corrected chi connectivity index (χ2v) is 4.89. The van der Waals surface area contributed by atoms with E-state index in [-0.39, 0.29) is 0 Å². The SMILES string of the molecule is CCOCc1nc(=S)cc(-c2ccc(Cl)c(OC)c2)[nH]1. The van der Waals surface area contributed by atoms with Gasteiger partial charge in [-0.05, 0) is 25.1 Å². The molecule has 1 N–H and O–H groups in total. The van der Waals surface area contributed by atoms with Gasteiger partial charge in [0.2, 0.25) is 0 Å². The molecule has 0 atom stereocenters. The van der Waals surface area contributed by atoms with Gasteiger partial charge >= 0.3 is 0 Å².